The third-order valence-corrected chi connectivity index (χ3v) is 5.09. The molecule has 1 rings (SSSR count). The fraction of sp³-hybridized carbons (Fsp3) is 1.00. The van der Waals surface area contributed by atoms with E-state index < -0.39 is 0 Å². The van der Waals surface area contributed by atoms with E-state index in [0.717, 1.165) is 30.3 Å². The molecule has 1 atom stereocenters. The second-order valence-corrected chi connectivity index (χ2v) is 6.23. The summed E-state index contributed by atoms with van der Waals surface area (Å²) in [6.45, 7) is 10.5. The molecule has 1 unspecified atom stereocenters. The molecule has 1 heteroatoms. The average Bonchev–Trinajstić information content (AvgIpc) is 2.40. The summed E-state index contributed by atoms with van der Waals surface area (Å²) in [7, 11) is 0. The topological polar surface area (TPSA) is 12.0 Å². The minimum absolute atomic E-state index is 0.785. The molecular formula is C17H35N. The lowest BCUT2D eigenvalue weighted by molar-refractivity contribution is 0.169. The van der Waals surface area contributed by atoms with Crippen molar-refractivity contribution < 1.29 is 0 Å². The minimum Gasteiger partial charge on any atom is -0.314 e. The Bertz CT molecular complexity index is 190. The molecular weight excluding hydrogens is 218 g/mol. The van der Waals surface area contributed by atoms with Gasteiger partial charge in [0, 0.05) is 6.04 Å². The van der Waals surface area contributed by atoms with E-state index >= 15 is 0 Å². The summed E-state index contributed by atoms with van der Waals surface area (Å²) in [5, 5.41) is 3.80. The van der Waals surface area contributed by atoms with E-state index in [1.54, 1.807) is 0 Å². The maximum absolute atomic E-state index is 3.80. The number of nitrogens with one attached hydrogen (secondary N) is 1. The zero-order valence-corrected chi connectivity index (χ0v) is 13.2. The Balaban J connectivity index is 2.49. The molecule has 0 saturated heterocycles. The van der Waals surface area contributed by atoms with Gasteiger partial charge in [0.25, 0.3) is 0 Å². The van der Waals surface area contributed by atoms with E-state index in [9.17, 15) is 0 Å². The molecule has 0 aromatic carbocycles. The molecule has 1 saturated carbocycles. The van der Waals surface area contributed by atoms with Crippen LogP contribution in [0.3, 0.4) is 0 Å². The summed E-state index contributed by atoms with van der Waals surface area (Å²) in [5.74, 6) is 2.87. The maximum Gasteiger partial charge on any atom is 0.0123 e. The Hall–Kier alpha value is -0.0400. The van der Waals surface area contributed by atoms with Crippen molar-refractivity contribution in [3.8, 4) is 0 Å². The van der Waals surface area contributed by atoms with Crippen molar-refractivity contribution in [3.05, 3.63) is 0 Å². The largest absolute Gasteiger partial charge is 0.314 e. The van der Waals surface area contributed by atoms with Gasteiger partial charge in [-0.25, -0.2) is 0 Å². The van der Waals surface area contributed by atoms with Crippen LogP contribution < -0.4 is 5.32 Å². The van der Waals surface area contributed by atoms with Crippen molar-refractivity contribution in [2.24, 2.45) is 17.8 Å². The van der Waals surface area contributed by atoms with Crippen LogP contribution in [-0.4, -0.2) is 12.6 Å². The summed E-state index contributed by atoms with van der Waals surface area (Å²) in [6.07, 6.45) is 11.4. The molecule has 0 spiro atoms. The van der Waals surface area contributed by atoms with Crippen molar-refractivity contribution in [2.75, 3.05) is 6.54 Å². The lowest BCUT2D eigenvalue weighted by Crippen LogP contribution is -2.43. The van der Waals surface area contributed by atoms with Crippen molar-refractivity contribution in [2.45, 2.75) is 85.1 Å². The SMILES string of the molecule is CCCC1CCC(C(NCC)C(CC)CC)CC1. The van der Waals surface area contributed by atoms with Crippen LogP contribution in [0.5, 0.6) is 0 Å². The Morgan fingerprint density at radius 3 is 2.00 bits per heavy atom. The highest BCUT2D eigenvalue weighted by atomic mass is 14.9. The van der Waals surface area contributed by atoms with Gasteiger partial charge in [0.2, 0.25) is 0 Å². The standard InChI is InChI=1S/C17H35N/c1-5-9-14-10-12-16(13-11-14)17(18-8-4)15(6-2)7-3/h14-18H,5-13H2,1-4H3. The molecule has 0 heterocycles. The van der Waals surface area contributed by atoms with Crippen LogP contribution in [0.25, 0.3) is 0 Å². The summed E-state index contributed by atoms with van der Waals surface area (Å²) >= 11 is 0. The molecule has 1 aliphatic rings. The van der Waals surface area contributed by atoms with Crippen molar-refractivity contribution in [3.63, 3.8) is 0 Å². The van der Waals surface area contributed by atoms with Gasteiger partial charge in [0.05, 0.1) is 0 Å². The molecule has 108 valence electrons. The molecule has 0 amide bonds. The van der Waals surface area contributed by atoms with E-state index in [-0.39, 0.29) is 0 Å². The lowest BCUT2D eigenvalue weighted by Gasteiger charge is -2.38. The van der Waals surface area contributed by atoms with E-state index in [1.807, 2.05) is 0 Å². The molecule has 1 nitrogen and oxygen atoms in total. The predicted octanol–water partition coefficient (Wildman–Crippen LogP) is 5.01. The summed E-state index contributed by atoms with van der Waals surface area (Å²) in [4.78, 5) is 0. The Kier molecular flexibility index (Phi) is 7.97. The van der Waals surface area contributed by atoms with Crippen molar-refractivity contribution in [1.29, 1.82) is 0 Å². The van der Waals surface area contributed by atoms with Gasteiger partial charge in [0.15, 0.2) is 0 Å². The van der Waals surface area contributed by atoms with Crippen molar-refractivity contribution >= 4 is 0 Å². The quantitative estimate of drug-likeness (QED) is 0.641. The molecule has 0 aromatic rings. The normalized spacial score (nSPS) is 26.5. The van der Waals surface area contributed by atoms with Gasteiger partial charge in [-0.15, -0.1) is 0 Å². The first-order chi connectivity index (χ1) is 8.76. The second kappa shape index (κ2) is 8.96. The predicted molar refractivity (Wildman–Crippen MR) is 81.9 cm³/mol. The van der Waals surface area contributed by atoms with Crippen LogP contribution in [0.15, 0.2) is 0 Å². The molecule has 1 fully saturated rings. The highest BCUT2D eigenvalue weighted by Gasteiger charge is 2.30. The molecule has 0 aliphatic heterocycles. The first kappa shape index (κ1) is 16.0. The van der Waals surface area contributed by atoms with Gasteiger partial charge in [0.1, 0.15) is 0 Å². The van der Waals surface area contributed by atoms with Gasteiger partial charge >= 0.3 is 0 Å². The van der Waals surface area contributed by atoms with Crippen molar-refractivity contribution in [1.82, 2.24) is 5.32 Å². The second-order valence-electron chi connectivity index (χ2n) is 6.23. The van der Waals surface area contributed by atoms with E-state index in [4.69, 9.17) is 0 Å². The first-order valence-corrected chi connectivity index (χ1v) is 8.50. The van der Waals surface area contributed by atoms with Gasteiger partial charge < -0.3 is 5.32 Å². The van der Waals surface area contributed by atoms with Crippen LogP contribution in [0.4, 0.5) is 0 Å². The Labute approximate surface area is 115 Å². The zero-order valence-electron chi connectivity index (χ0n) is 13.2. The maximum atomic E-state index is 3.80. The monoisotopic (exact) mass is 253 g/mol. The van der Waals surface area contributed by atoms with E-state index in [0.29, 0.717) is 0 Å². The van der Waals surface area contributed by atoms with E-state index in [1.165, 1.54) is 51.4 Å². The Morgan fingerprint density at radius 1 is 0.944 bits per heavy atom. The Morgan fingerprint density at radius 2 is 1.56 bits per heavy atom. The highest BCUT2D eigenvalue weighted by Crippen LogP contribution is 2.36. The molecule has 0 bridgehead atoms. The minimum atomic E-state index is 0.785. The third-order valence-electron chi connectivity index (χ3n) is 5.09. The number of hydrogen-bond donors (Lipinski definition) is 1. The first-order valence-electron chi connectivity index (χ1n) is 8.50. The van der Waals surface area contributed by atoms with Crippen LogP contribution in [0, 0.1) is 17.8 Å². The molecule has 0 aromatic heterocycles. The molecule has 1 N–H and O–H groups in total. The molecule has 1 aliphatic carbocycles. The number of rotatable bonds is 8. The van der Waals surface area contributed by atoms with Gasteiger partial charge in [-0.1, -0.05) is 66.2 Å². The van der Waals surface area contributed by atoms with Crippen LogP contribution >= 0.6 is 0 Å². The van der Waals surface area contributed by atoms with Gasteiger partial charge in [-0.3, -0.25) is 0 Å². The average molecular weight is 253 g/mol. The summed E-state index contributed by atoms with van der Waals surface area (Å²) in [5.41, 5.74) is 0. The van der Waals surface area contributed by atoms with E-state index in [2.05, 4.69) is 33.0 Å². The highest BCUT2D eigenvalue weighted by molar-refractivity contribution is 4.85. The van der Waals surface area contributed by atoms with Gasteiger partial charge in [-0.05, 0) is 37.1 Å². The third kappa shape index (κ3) is 4.57. The molecule has 18 heavy (non-hydrogen) atoms. The lowest BCUT2D eigenvalue weighted by atomic mass is 9.73. The fourth-order valence-electron chi connectivity index (χ4n) is 3.99. The molecule has 0 radical (unpaired) electrons. The summed E-state index contributed by atoms with van der Waals surface area (Å²) < 4.78 is 0. The van der Waals surface area contributed by atoms with Gasteiger partial charge in [-0.2, -0.15) is 0 Å². The smallest absolute Gasteiger partial charge is 0.0123 e. The fourth-order valence-corrected chi connectivity index (χ4v) is 3.99. The van der Waals surface area contributed by atoms with Crippen LogP contribution in [-0.2, 0) is 0 Å². The van der Waals surface area contributed by atoms with Crippen LogP contribution in [0.1, 0.15) is 79.1 Å². The zero-order chi connectivity index (χ0) is 13.4. The number of hydrogen-bond acceptors (Lipinski definition) is 1. The summed E-state index contributed by atoms with van der Waals surface area (Å²) in [6, 6.07) is 0.785. The van der Waals surface area contributed by atoms with Crippen LogP contribution in [0.2, 0.25) is 0 Å².